The Kier molecular flexibility index (Phi) is 4.11. The average Bonchev–Trinajstić information content (AvgIpc) is 2.96. The molecule has 7 heteroatoms. The zero-order valence-electron chi connectivity index (χ0n) is 14.2. The third-order valence-corrected chi connectivity index (χ3v) is 5.28. The van der Waals surface area contributed by atoms with Gasteiger partial charge in [-0.2, -0.15) is 0 Å². The summed E-state index contributed by atoms with van der Waals surface area (Å²) in [5.41, 5.74) is -0.472. The van der Waals surface area contributed by atoms with E-state index in [0.717, 1.165) is 35.6 Å². The monoisotopic (exact) mass is 360 g/mol. The minimum absolute atomic E-state index is 0.0200. The average molecular weight is 360 g/mol. The van der Waals surface area contributed by atoms with Crippen molar-refractivity contribution in [3.8, 4) is 5.69 Å². The maximum Gasteiger partial charge on any atom is 0.268 e. The zero-order valence-corrected chi connectivity index (χ0v) is 14.2. The number of nitrogens with zero attached hydrogens (tertiary/aromatic N) is 1. The molecule has 3 atom stereocenters. The number of rotatable bonds is 3. The highest BCUT2D eigenvalue weighted by molar-refractivity contribution is 5.95. The van der Waals surface area contributed by atoms with Crippen molar-refractivity contribution in [2.24, 2.45) is 5.92 Å². The van der Waals surface area contributed by atoms with Crippen LogP contribution in [0.5, 0.6) is 0 Å². The van der Waals surface area contributed by atoms with Gasteiger partial charge in [-0.3, -0.25) is 14.2 Å². The number of hydrogen-bond donors (Lipinski definition) is 1. The van der Waals surface area contributed by atoms with Crippen molar-refractivity contribution < 1.29 is 18.3 Å². The van der Waals surface area contributed by atoms with Crippen molar-refractivity contribution in [1.29, 1.82) is 0 Å². The van der Waals surface area contributed by atoms with Gasteiger partial charge >= 0.3 is 0 Å². The first-order valence-corrected chi connectivity index (χ1v) is 8.56. The molecule has 0 spiro atoms. The molecule has 4 rings (SSSR count). The molecule has 1 saturated heterocycles. The van der Waals surface area contributed by atoms with Gasteiger partial charge in [-0.05, 0) is 43.5 Å². The Hall–Kier alpha value is -2.54. The summed E-state index contributed by atoms with van der Waals surface area (Å²) in [7, 11) is 0. The van der Waals surface area contributed by atoms with Crippen molar-refractivity contribution in [3.05, 3.63) is 63.6 Å². The number of pyridine rings is 1. The molecular formula is C19H18F2N2O3. The maximum absolute atomic E-state index is 14.0. The first kappa shape index (κ1) is 16.9. The fourth-order valence-corrected chi connectivity index (χ4v) is 3.77. The van der Waals surface area contributed by atoms with Gasteiger partial charge in [0.1, 0.15) is 17.2 Å². The number of aromatic nitrogens is 1. The maximum atomic E-state index is 14.0. The minimum Gasteiger partial charge on any atom is -0.378 e. The number of carbonyl (C=O) groups excluding carboxylic acids is 1. The van der Waals surface area contributed by atoms with Gasteiger partial charge in [0.15, 0.2) is 0 Å². The molecule has 2 aliphatic rings. The summed E-state index contributed by atoms with van der Waals surface area (Å²) in [6.07, 6.45) is 3.16. The summed E-state index contributed by atoms with van der Waals surface area (Å²) in [5.74, 6) is -1.62. The molecular weight excluding hydrogens is 342 g/mol. The molecule has 1 N–H and O–H groups in total. The number of carbonyl (C=O) groups is 1. The Morgan fingerprint density at radius 1 is 1.31 bits per heavy atom. The molecule has 0 radical (unpaired) electrons. The summed E-state index contributed by atoms with van der Waals surface area (Å²) in [6.45, 7) is 2.34. The van der Waals surface area contributed by atoms with Crippen molar-refractivity contribution >= 4 is 5.91 Å². The fourth-order valence-electron chi connectivity index (χ4n) is 3.77. The molecule has 1 saturated carbocycles. The summed E-state index contributed by atoms with van der Waals surface area (Å²) in [6, 6.07) is 4.38. The predicted molar refractivity (Wildman–Crippen MR) is 90.4 cm³/mol. The van der Waals surface area contributed by atoms with Crippen LogP contribution in [0.15, 0.2) is 35.3 Å². The zero-order chi connectivity index (χ0) is 18.4. The van der Waals surface area contributed by atoms with Gasteiger partial charge in [-0.1, -0.05) is 0 Å². The Morgan fingerprint density at radius 2 is 2.12 bits per heavy atom. The van der Waals surface area contributed by atoms with E-state index in [1.54, 1.807) is 13.0 Å². The Bertz CT molecular complexity index is 941. The van der Waals surface area contributed by atoms with Gasteiger partial charge in [0.05, 0.1) is 11.8 Å². The fraction of sp³-hybridized carbons (Fsp3) is 0.368. The van der Waals surface area contributed by atoms with Crippen LogP contribution in [0.1, 0.15) is 28.8 Å². The van der Waals surface area contributed by atoms with E-state index in [0.29, 0.717) is 12.2 Å². The van der Waals surface area contributed by atoms with Gasteiger partial charge < -0.3 is 10.1 Å². The lowest BCUT2D eigenvalue weighted by Gasteiger charge is -2.39. The lowest BCUT2D eigenvalue weighted by Crippen LogP contribution is -2.54. The van der Waals surface area contributed by atoms with E-state index < -0.39 is 23.1 Å². The van der Waals surface area contributed by atoms with Crippen LogP contribution < -0.4 is 10.9 Å². The molecule has 2 aromatic rings. The second kappa shape index (κ2) is 6.32. The van der Waals surface area contributed by atoms with E-state index in [1.165, 1.54) is 6.20 Å². The first-order valence-electron chi connectivity index (χ1n) is 8.56. The minimum atomic E-state index is -0.742. The van der Waals surface area contributed by atoms with Crippen LogP contribution in [0.4, 0.5) is 8.78 Å². The lowest BCUT2D eigenvalue weighted by atomic mass is 9.76. The molecule has 1 aliphatic heterocycles. The highest BCUT2D eigenvalue weighted by Crippen LogP contribution is 2.38. The van der Waals surface area contributed by atoms with Crippen LogP contribution in [-0.2, 0) is 4.74 Å². The van der Waals surface area contributed by atoms with Gasteiger partial charge in [-0.25, -0.2) is 8.78 Å². The molecule has 1 amide bonds. The Morgan fingerprint density at radius 3 is 2.88 bits per heavy atom. The number of amides is 1. The topological polar surface area (TPSA) is 60.3 Å². The number of hydrogen-bond acceptors (Lipinski definition) is 3. The molecule has 136 valence electrons. The number of benzene rings is 1. The number of aryl methyl sites for hydroxylation is 1. The van der Waals surface area contributed by atoms with Crippen LogP contribution in [0.25, 0.3) is 5.69 Å². The van der Waals surface area contributed by atoms with Crippen LogP contribution in [0.3, 0.4) is 0 Å². The van der Waals surface area contributed by atoms with Crippen LogP contribution in [0, 0.1) is 24.5 Å². The number of fused-ring (bicyclic) bond motifs is 1. The number of ether oxygens (including phenoxy) is 1. The van der Waals surface area contributed by atoms with Crippen LogP contribution in [0.2, 0.25) is 0 Å². The van der Waals surface area contributed by atoms with Crippen molar-refractivity contribution in [3.63, 3.8) is 0 Å². The number of halogens is 2. The largest absolute Gasteiger partial charge is 0.378 e. The molecule has 0 bridgehead atoms. The lowest BCUT2D eigenvalue weighted by molar-refractivity contribution is 0.00806. The molecule has 1 aromatic carbocycles. The summed E-state index contributed by atoms with van der Waals surface area (Å²) >= 11 is 0. The molecule has 26 heavy (non-hydrogen) atoms. The smallest absolute Gasteiger partial charge is 0.268 e. The summed E-state index contributed by atoms with van der Waals surface area (Å²) in [4.78, 5) is 25.5. The van der Waals surface area contributed by atoms with E-state index in [4.69, 9.17) is 4.74 Å². The van der Waals surface area contributed by atoms with Crippen molar-refractivity contribution in [2.75, 3.05) is 6.61 Å². The van der Waals surface area contributed by atoms with Gasteiger partial charge in [0.25, 0.3) is 11.5 Å². The summed E-state index contributed by atoms with van der Waals surface area (Å²) in [5, 5.41) is 2.89. The quantitative estimate of drug-likeness (QED) is 0.914. The van der Waals surface area contributed by atoms with Crippen molar-refractivity contribution in [2.45, 2.75) is 31.9 Å². The van der Waals surface area contributed by atoms with Crippen molar-refractivity contribution in [1.82, 2.24) is 9.88 Å². The third kappa shape index (κ3) is 2.72. The third-order valence-electron chi connectivity index (χ3n) is 5.28. The van der Waals surface area contributed by atoms with E-state index in [1.807, 2.05) is 0 Å². The summed E-state index contributed by atoms with van der Waals surface area (Å²) < 4.78 is 34.0. The second-order valence-electron chi connectivity index (χ2n) is 6.82. The highest BCUT2D eigenvalue weighted by atomic mass is 19.1. The Balaban J connectivity index is 1.67. The second-order valence-corrected chi connectivity index (χ2v) is 6.82. The van der Waals surface area contributed by atoms with E-state index in [2.05, 4.69) is 5.32 Å². The van der Waals surface area contributed by atoms with Gasteiger partial charge in [0.2, 0.25) is 0 Å². The van der Waals surface area contributed by atoms with Crippen LogP contribution >= 0.6 is 0 Å². The number of nitrogens with one attached hydrogen (secondary N) is 1. The molecule has 5 nitrogen and oxygen atoms in total. The normalized spacial score (nSPS) is 24.0. The molecule has 0 unspecified atom stereocenters. The van der Waals surface area contributed by atoms with Gasteiger partial charge in [-0.15, -0.1) is 0 Å². The Labute approximate surface area is 148 Å². The van der Waals surface area contributed by atoms with Crippen LogP contribution in [-0.4, -0.2) is 29.2 Å². The molecule has 2 heterocycles. The standard InChI is InChI=1S/C19H18F2N2O3/c1-10-4-6-23(15-8-11(20)2-3-13(15)21)19(25)17(10)18(24)22-14-9-16-12(14)5-7-26-16/h2-4,6,8,12,14,16H,5,7,9H2,1H3,(H,22,24)/t12-,14+,16+/m0/s1. The van der Waals surface area contributed by atoms with Gasteiger partial charge in [0, 0.05) is 30.8 Å². The predicted octanol–water partition coefficient (Wildman–Crippen LogP) is 2.33. The molecule has 1 aromatic heterocycles. The highest BCUT2D eigenvalue weighted by Gasteiger charge is 2.46. The molecule has 2 fully saturated rings. The SMILES string of the molecule is Cc1ccn(-c2cc(F)ccc2F)c(=O)c1C(=O)N[C@@H]1C[C@H]2OCC[C@@H]12. The van der Waals surface area contributed by atoms with E-state index in [9.17, 15) is 18.4 Å². The van der Waals surface area contributed by atoms with E-state index >= 15 is 0 Å². The van der Waals surface area contributed by atoms with E-state index in [-0.39, 0.29) is 29.3 Å². The molecule has 1 aliphatic carbocycles. The first-order chi connectivity index (χ1) is 12.5.